The van der Waals surface area contributed by atoms with E-state index in [1.165, 1.54) is 18.4 Å². The molecule has 0 spiro atoms. The number of hydrogen-bond acceptors (Lipinski definition) is 9. The van der Waals surface area contributed by atoms with Crippen LogP contribution in [-0.4, -0.2) is 37.7 Å². The Hall–Kier alpha value is -6.90. The van der Waals surface area contributed by atoms with Gasteiger partial charge in [0, 0.05) is 52.4 Å². The average Bonchev–Trinajstić information content (AvgIpc) is 3.19. The molecular formula is C44H38N5O5P. The normalized spacial score (nSPS) is 10.7. The predicted octanol–water partition coefficient (Wildman–Crippen LogP) is 10.5. The molecule has 55 heavy (non-hydrogen) atoms. The third-order valence-electron chi connectivity index (χ3n) is 8.21. The van der Waals surface area contributed by atoms with Crippen LogP contribution < -0.4 is 14.8 Å². The SMILES string of the molecule is CP(=O)(Oc1ccccc1)Oc1ccccc1.Cc1ccc(-c2cc(C(=O)O)c3cnccc3n2)cc1.Cc1ccc(-c2cc(N)c3cnccc3n2)cc1. The molecule has 4 aromatic heterocycles. The number of fused-ring (bicyclic) bond motifs is 2. The number of nitrogen functional groups attached to an aromatic ring is 1. The molecule has 8 aromatic rings. The van der Waals surface area contributed by atoms with Gasteiger partial charge >= 0.3 is 13.6 Å². The molecule has 0 saturated carbocycles. The zero-order valence-corrected chi connectivity index (χ0v) is 31.3. The van der Waals surface area contributed by atoms with Gasteiger partial charge in [-0.3, -0.25) is 9.97 Å². The Morgan fingerprint density at radius 1 is 0.618 bits per heavy atom. The highest BCUT2D eigenvalue weighted by Gasteiger charge is 2.20. The van der Waals surface area contributed by atoms with Gasteiger partial charge in [-0.1, -0.05) is 96.1 Å². The van der Waals surface area contributed by atoms with Crippen molar-refractivity contribution in [3.05, 3.63) is 175 Å². The summed E-state index contributed by atoms with van der Waals surface area (Å²) in [6, 6.07) is 41.2. The fourth-order valence-corrected chi connectivity index (χ4v) is 6.50. The van der Waals surface area contributed by atoms with E-state index < -0.39 is 13.6 Å². The molecule has 11 heteroatoms. The number of aromatic carboxylic acids is 1. The number of nitrogens with two attached hydrogens (primary N) is 1. The number of para-hydroxylation sites is 2. The first-order chi connectivity index (χ1) is 26.5. The van der Waals surface area contributed by atoms with Gasteiger partial charge in [-0.05, 0) is 62.4 Å². The van der Waals surface area contributed by atoms with Crippen LogP contribution >= 0.6 is 7.60 Å². The van der Waals surface area contributed by atoms with E-state index in [2.05, 4.69) is 51.1 Å². The van der Waals surface area contributed by atoms with Gasteiger partial charge < -0.3 is 19.9 Å². The highest BCUT2D eigenvalue weighted by atomic mass is 31.2. The van der Waals surface area contributed by atoms with Crippen molar-refractivity contribution >= 4 is 41.1 Å². The van der Waals surface area contributed by atoms with Crippen LogP contribution in [0.1, 0.15) is 21.5 Å². The van der Waals surface area contributed by atoms with Crippen molar-refractivity contribution in [1.29, 1.82) is 0 Å². The molecule has 0 atom stereocenters. The van der Waals surface area contributed by atoms with Crippen molar-refractivity contribution in [1.82, 2.24) is 19.9 Å². The summed E-state index contributed by atoms with van der Waals surface area (Å²) in [7, 11) is -3.14. The van der Waals surface area contributed by atoms with Gasteiger partial charge in [0.2, 0.25) is 0 Å². The molecule has 4 heterocycles. The third-order valence-corrected chi connectivity index (χ3v) is 9.29. The minimum absolute atomic E-state index is 0.221. The lowest BCUT2D eigenvalue weighted by Crippen LogP contribution is -2.00. The van der Waals surface area contributed by atoms with Crippen molar-refractivity contribution in [3.63, 3.8) is 0 Å². The molecule has 0 saturated heterocycles. The Bertz CT molecular complexity index is 2540. The van der Waals surface area contributed by atoms with Crippen molar-refractivity contribution < 1.29 is 23.5 Å². The highest BCUT2D eigenvalue weighted by molar-refractivity contribution is 7.53. The number of carboxylic acids is 1. The van der Waals surface area contributed by atoms with Crippen molar-refractivity contribution in [2.45, 2.75) is 13.8 Å². The van der Waals surface area contributed by atoms with Crippen LogP contribution in [0.15, 0.2) is 158 Å². The lowest BCUT2D eigenvalue weighted by atomic mass is 10.0. The molecule has 4 aromatic carbocycles. The van der Waals surface area contributed by atoms with Crippen LogP contribution in [0.25, 0.3) is 44.3 Å². The molecule has 0 aliphatic rings. The number of carbonyl (C=O) groups is 1. The van der Waals surface area contributed by atoms with Gasteiger partial charge in [0.1, 0.15) is 11.5 Å². The van der Waals surface area contributed by atoms with Crippen LogP contribution in [0, 0.1) is 13.8 Å². The maximum atomic E-state index is 12.1. The second-order valence-corrected chi connectivity index (χ2v) is 14.5. The van der Waals surface area contributed by atoms with E-state index in [1.807, 2.05) is 79.7 Å². The summed E-state index contributed by atoms with van der Waals surface area (Å²) in [6.45, 7) is 5.52. The van der Waals surface area contributed by atoms with E-state index in [0.717, 1.165) is 33.3 Å². The van der Waals surface area contributed by atoms with Crippen LogP contribution in [0.3, 0.4) is 0 Å². The largest absolute Gasteiger partial charge is 0.478 e. The summed E-state index contributed by atoms with van der Waals surface area (Å²) in [5.74, 6) is 0.0993. The number of rotatable bonds is 7. The molecule has 0 aliphatic heterocycles. The van der Waals surface area contributed by atoms with Crippen LogP contribution in [0.2, 0.25) is 0 Å². The van der Waals surface area contributed by atoms with Gasteiger partial charge in [0.05, 0.1) is 34.6 Å². The fourth-order valence-electron chi connectivity index (χ4n) is 5.45. The lowest BCUT2D eigenvalue weighted by molar-refractivity contribution is 0.0699. The number of nitrogens with zero attached hydrogens (tertiary/aromatic N) is 4. The second kappa shape index (κ2) is 17.3. The predicted molar refractivity (Wildman–Crippen MR) is 218 cm³/mol. The molecule has 0 fully saturated rings. The minimum Gasteiger partial charge on any atom is -0.478 e. The molecule has 3 N–H and O–H groups in total. The Morgan fingerprint density at radius 2 is 1.05 bits per heavy atom. The van der Waals surface area contributed by atoms with Crippen molar-refractivity contribution in [2.24, 2.45) is 0 Å². The first-order valence-corrected chi connectivity index (χ1v) is 19.2. The molecule has 0 aliphatic carbocycles. The number of aromatic nitrogens is 4. The van der Waals surface area contributed by atoms with Crippen LogP contribution in [0.5, 0.6) is 11.5 Å². The van der Waals surface area contributed by atoms with Gasteiger partial charge in [0.25, 0.3) is 0 Å². The number of hydrogen-bond donors (Lipinski definition) is 2. The van der Waals surface area contributed by atoms with E-state index in [4.69, 9.17) is 14.8 Å². The molecule has 10 nitrogen and oxygen atoms in total. The Labute approximate surface area is 318 Å². The Kier molecular flexibility index (Phi) is 11.9. The first-order valence-electron chi connectivity index (χ1n) is 17.2. The Balaban J connectivity index is 0.000000141. The lowest BCUT2D eigenvalue weighted by Gasteiger charge is -2.15. The standard InChI is InChI=1S/C16H12N2O2.C15H13N3.C13H13O3P/c1-10-2-4-11(5-3-10)15-8-12(16(19)20)13-9-17-7-6-14(13)18-15;1-10-2-4-11(5-3-10)15-8-13(16)12-9-17-7-6-14(12)18-15;1-17(14,15-12-8-4-2-5-9-12)16-13-10-6-3-7-11-13/h2-9H,1H3,(H,19,20);2-9H,1H3,(H2,16,18);2-11H,1H3. The number of benzene rings is 4. The monoisotopic (exact) mass is 747 g/mol. The third kappa shape index (κ3) is 10.2. The summed E-state index contributed by atoms with van der Waals surface area (Å²) in [5.41, 5.74) is 14.4. The van der Waals surface area contributed by atoms with Crippen LogP contribution in [0.4, 0.5) is 5.69 Å². The number of aryl methyl sites for hydroxylation is 2. The summed E-state index contributed by atoms with van der Waals surface area (Å²) in [5, 5.41) is 10.8. The van der Waals surface area contributed by atoms with Gasteiger partial charge in [-0.25, -0.2) is 19.3 Å². The molecule has 274 valence electrons. The molecule has 0 amide bonds. The van der Waals surface area contributed by atoms with Crippen LogP contribution in [-0.2, 0) is 4.57 Å². The first kappa shape index (κ1) is 37.8. The van der Waals surface area contributed by atoms with E-state index in [9.17, 15) is 14.5 Å². The average molecular weight is 748 g/mol. The maximum absolute atomic E-state index is 12.1. The molecule has 0 bridgehead atoms. The molecule has 0 unspecified atom stereocenters. The molecule has 8 rings (SSSR count). The molecular weight excluding hydrogens is 709 g/mol. The van der Waals surface area contributed by atoms with E-state index >= 15 is 0 Å². The number of anilines is 1. The molecule has 0 radical (unpaired) electrons. The quantitative estimate of drug-likeness (QED) is 0.151. The Morgan fingerprint density at radius 3 is 1.53 bits per heavy atom. The smallest absolute Gasteiger partial charge is 0.427 e. The topological polar surface area (TPSA) is 150 Å². The zero-order chi connectivity index (χ0) is 38.8. The summed E-state index contributed by atoms with van der Waals surface area (Å²) in [4.78, 5) is 28.6. The second-order valence-electron chi connectivity index (χ2n) is 12.6. The zero-order valence-electron chi connectivity index (χ0n) is 30.4. The van der Waals surface area contributed by atoms with E-state index in [0.29, 0.717) is 33.8 Å². The van der Waals surface area contributed by atoms with E-state index in [-0.39, 0.29) is 5.56 Å². The maximum Gasteiger partial charge on any atom is 0.427 e. The minimum atomic E-state index is -3.14. The summed E-state index contributed by atoms with van der Waals surface area (Å²) in [6.07, 6.45) is 6.62. The van der Waals surface area contributed by atoms with Crippen molar-refractivity contribution in [2.75, 3.05) is 12.4 Å². The van der Waals surface area contributed by atoms with Gasteiger partial charge in [0.15, 0.2) is 0 Å². The number of pyridine rings is 4. The fraction of sp³-hybridized carbons (Fsp3) is 0.0682. The van der Waals surface area contributed by atoms with Gasteiger partial charge in [-0.2, -0.15) is 0 Å². The van der Waals surface area contributed by atoms with Gasteiger partial charge in [-0.15, -0.1) is 0 Å². The number of carboxylic acid groups (broad SMARTS) is 1. The summed E-state index contributed by atoms with van der Waals surface area (Å²) < 4.78 is 22.8. The summed E-state index contributed by atoms with van der Waals surface area (Å²) >= 11 is 0. The van der Waals surface area contributed by atoms with Crippen molar-refractivity contribution in [3.8, 4) is 34.0 Å². The highest BCUT2D eigenvalue weighted by Crippen LogP contribution is 2.44. The van der Waals surface area contributed by atoms with E-state index in [1.54, 1.807) is 55.0 Å².